The van der Waals surface area contributed by atoms with E-state index in [0.717, 1.165) is 24.1 Å². The van der Waals surface area contributed by atoms with Crippen LogP contribution in [0.15, 0.2) is 34.5 Å². The molecule has 1 aromatic heterocycles. The van der Waals surface area contributed by atoms with Gasteiger partial charge in [-0.2, -0.15) is 0 Å². The number of nitrogens with zero attached hydrogens (tertiary/aromatic N) is 1. The summed E-state index contributed by atoms with van der Waals surface area (Å²) in [7, 11) is 0. The first kappa shape index (κ1) is 12.7. The van der Waals surface area contributed by atoms with Gasteiger partial charge in [0.2, 0.25) is 5.91 Å². The molecule has 0 spiro atoms. The van der Waals surface area contributed by atoms with Crippen LogP contribution in [0.4, 0.5) is 5.13 Å². The number of nitrogens with one attached hydrogen (secondary N) is 1. The molecule has 2 aromatic rings. The van der Waals surface area contributed by atoms with Crippen LogP contribution in [0.3, 0.4) is 0 Å². The molecule has 1 aromatic carbocycles. The second kappa shape index (κ2) is 5.35. The van der Waals surface area contributed by atoms with E-state index in [-0.39, 0.29) is 11.8 Å². The molecule has 0 bridgehead atoms. The number of hydrogen-bond acceptors (Lipinski definition) is 4. The fraction of sp³-hybridized carbons (Fsp3) is 0.286. The maximum absolute atomic E-state index is 11.7. The van der Waals surface area contributed by atoms with Crippen molar-refractivity contribution in [2.24, 2.45) is 5.92 Å². The molecular weight excluding hydrogens is 276 g/mol. The Labute approximate surface area is 120 Å². The molecule has 1 aliphatic carbocycles. The summed E-state index contributed by atoms with van der Waals surface area (Å²) in [5, 5.41) is 5.56. The number of amides is 1. The van der Waals surface area contributed by atoms with Gasteiger partial charge in [0, 0.05) is 21.8 Å². The summed E-state index contributed by atoms with van der Waals surface area (Å²) in [5.74, 6) is 0.326. The van der Waals surface area contributed by atoms with Gasteiger partial charge >= 0.3 is 0 Å². The Morgan fingerprint density at radius 3 is 2.74 bits per heavy atom. The van der Waals surface area contributed by atoms with Gasteiger partial charge in [-0.25, -0.2) is 4.98 Å². The van der Waals surface area contributed by atoms with E-state index in [2.05, 4.69) is 40.8 Å². The number of carbonyl (C=O) groups is 1. The van der Waals surface area contributed by atoms with E-state index in [1.165, 1.54) is 16.2 Å². The first-order valence-electron chi connectivity index (χ1n) is 6.17. The molecular formula is C14H14N2OS2. The molecule has 1 aliphatic rings. The molecule has 0 unspecified atom stereocenters. The van der Waals surface area contributed by atoms with Crippen molar-refractivity contribution >= 4 is 34.1 Å². The lowest BCUT2D eigenvalue weighted by molar-refractivity contribution is -0.117. The molecule has 3 nitrogen and oxygen atoms in total. The lowest BCUT2D eigenvalue weighted by Crippen LogP contribution is -2.12. The van der Waals surface area contributed by atoms with E-state index in [9.17, 15) is 4.79 Å². The Morgan fingerprint density at radius 2 is 2.11 bits per heavy atom. The third kappa shape index (κ3) is 2.98. The summed E-state index contributed by atoms with van der Waals surface area (Å²) >= 11 is 3.20. The van der Waals surface area contributed by atoms with Crippen LogP contribution in [0.25, 0.3) is 11.3 Å². The standard InChI is InChI=1S/C14H14N2OS2/c1-18-11-6-4-9(5-7-11)12-8-19-14(15-12)16-13(17)10-2-3-10/h4-8,10H,2-3H2,1H3,(H,15,16,17). The minimum Gasteiger partial charge on any atom is -0.302 e. The van der Waals surface area contributed by atoms with Crippen molar-refractivity contribution in [3.05, 3.63) is 29.6 Å². The summed E-state index contributed by atoms with van der Waals surface area (Å²) in [5.41, 5.74) is 2.00. The second-order valence-corrected chi connectivity index (χ2v) is 6.27. The van der Waals surface area contributed by atoms with Gasteiger partial charge in [-0.05, 0) is 31.2 Å². The average molecular weight is 290 g/mol. The Kier molecular flexibility index (Phi) is 3.57. The molecule has 1 saturated carbocycles. The first-order chi connectivity index (χ1) is 9.26. The molecule has 1 heterocycles. The number of rotatable bonds is 4. The number of benzene rings is 1. The molecule has 1 amide bonds. The van der Waals surface area contributed by atoms with Crippen LogP contribution in [-0.4, -0.2) is 17.1 Å². The highest BCUT2D eigenvalue weighted by Gasteiger charge is 2.30. The van der Waals surface area contributed by atoms with Crippen LogP contribution in [0.5, 0.6) is 0 Å². The molecule has 0 saturated heterocycles. The predicted molar refractivity (Wildman–Crippen MR) is 80.7 cm³/mol. The van der Waals surface area contributed by atoms with E-state index in [1.54, 1.807) is 11.8 Å². The lowest BCUT2D eigenvalue weighted by atomic mass is 10.2. The highest BCUT2D eigenvalue weighted by Crippen LogP contribution is 2.32. The number of thioether (sulfide) groups is 1. The van der Waals surface area contributed by atoms with Crippen molar-refractivity contribution in [1.29, 1.82) is 0 Å². The zero-order chi connectivity index (χ0) is 13.2. The van der Waals surface area contributed by atoms with Crippen LogP contribution < -0.4 is 5.32 Å². The first-order valence-corrected chi connectivity index (χ1v) is 8.27. The molecule has 0 radical (unpaired) electrons. The quantitative estimate of drug-likeness (QED) is 0.869. The zero-order valence-electron chi connectivity index (χ0n) is 10.6. The molecule has 3 rings (SSSR count). The summed E-state index contributed by atoms with van der Waals surface area (Å²) < 4.78 is 0. The fourth-order valence-corrected chi connectivity index (χ4v) is 2.91. The highest BCUT2D eigenvalue weighted by atomic mass is 32.2. The SMILES string of the molecule is CSc1ccc(-c2csc(NC(=O)C3CC3)n2)cc1. The smallest absolute Gasteiger partial charge is 0.229 e. The third-order valence-corrected chi connectivity index (χ3v) is 4.57. The predicted octanol–water partition coefficient (Wildman–Crippen LogP) is 3.88. The van der Waals surface area contributed by atoms with Gasteiger partial charge in [0.1, 0.15) is 0 Å². The molecule has 19 heavy (non-hydrogen) atoms. The Morgan fingerprint density at radius 1 is 1.37 bits per heavy atom. The molecule has 0 aliphatic heterocycles. The minimum absolute atomic E-state index is 0.110. The van der Waals surface area contributed by atoms with Gasteiger partial charge in [0.25, 0.3) is 0 Å². The van der Waals surface area contributed by atoms with Crippen molar-refractivity contribution in [2.75, 3.05) is 11.6 Å². The summed E-state index contributed by atoms with van der Waals surface area (Å²) in [6.07, 6.45) is 4.09. The molecule has 1 N–H and O–H groups in total. The second-order valence-electron chi connectivity index (χ2n) is 4.53. The van der Waals surface area contributed by atoms with E-state index < -0.39 is 0 Å². The van der Waals surface area contributed by atoms with Gasteiger partial charge in [0.05, 0.1) is 5.69 Å². The zero-order valence-corrected chi connectivity index (χ0v) is 12.2. The third-order valence-electron chi connectivity index (χ3n) is 3.07. The topological polar surface area (TPSA) is 42.0 Å². The fourth-order valence-electron chi connectivity index (χ4n) is 1.78. The maximum Gasteiger partial charge on any atom is 0.229 e. The monoisotopic (exact) mass is 290 g/mol. The van der Waals surface area contributed by atoms with Crippen molar-refractivity contribution in [3.63, 3.8) is 0 Å². The Bertz CT molecular complexity index is 588. The lowest BCUT2D eigenvalue weighted by Gasteiger charge is -2.00. The largest absolute Gasteiger partial charge is 0.302 e. The normalized spacial score (nSPS) is 14.4. The van der Waals surface area contributed by atoms with Gasteiger partial charge in [-0.3, -0.25) is 4.79 Å². The Balaban J connectivity index is 1.73. The van der Waals surface area contributed by atoms with E-state index in [1.807, 2.05) is 5.38 Å². The van der Waals surface area contributed by atoms with Gasteiger partial charge in [0.15, 0.2) is 5.13 Å². The minimum atomic E-state index is 0.110. The van der Waals surface area contributed by atoms with Crippen molar-refractivity contribution in [2.45, 2.75) is 17.7 Å². The van der Waals surface area contributed by atoms with Gasteiger partial charge in [-0.1, -0.05) is 12.1 Å². The van der Waals surface area contributed by atoms with Crippen LogP contribution in [-0.2, 0) is 4.79 Å². The van der Waals surface area contributed by atoms with E-state index in [0.29, 0.717) is 5.13 Å². The van der Waals surface area contributed by atoms with Crippen molar-refractivity contribution in [3.8, 4) is 11.3 Å². The van der Waals surface area contributed by atoms with E-state index >= 15 is 0 Å². The van der Waals surface area contributed by atoms with Crippen molar-refractivity contribution in [1.82, 2.24) is 4.98 Å². The van der Waals surface area contributed by atoms with E-state index in [4.69, 9.17) is 0 Å². The average Bonchev–Trinajstić information content (AvgIpc) is 3.20. The molecule has 0 atom stereocenters. The van der Waals surface area contributed by atoms with Crippen LogP contribution in [0.1, 0.15) is 12.8 Å². The number of hydrogen-bond donors (Lipinski definition) is 1. The maximum atomic E-state index is 11.7. The highest BCUT2D eigenvalue weighted by molar-refractivity contribution is 7.98. The number of thiazole rings is 1. The summed E-state index contributed by atoms with van der Waals surface area (Å²) in [6, 6.07) is 8.30. The van der Waals surface area contributed by atoms with Crippen LogP contribution in [0.2, 0.25) is 0 Å². The van der Waals surface area contributed by atoms with Gasteiger partial charge < -0.3 is 5.32 Å². The molecule has 1 fully saturated rings. The molecule has 98 valence electrons. The summed E-state index contributed by atoms with van der Waals surface area (Å²) in [4.78, 5) is 17.4. The number of anilines is 1. The van der Waals surface area contributed by atoms with Gasteiger partial charge in [-0.15, -0.1) is 23.1 Å². The Hall–Kier alpha value is -1.33. The van der Waals surface area contributed by atoms with Crippen LogP contribution >= 0.6 is 23.1 Å². The van der Waals surface area contributed by atoms with Crippen molar-refractivity contribution < 1.29 is 4.79 Å². The number of carbonyl (C=O) groups excluding carboxylic acids is 1. The number of aromatic nitrogens is 1. The summed E-state index contributed by atoms with van der Waals surface area (Å²) in [6.45, 7) is 0. The van der Waals surface area contributed by atoms with Crippen LogP contribution in [0, 0.1) is 5.92 Å². The molecule has 5 heteroatoms.